The van der Waals surface area contributed by atoms with Gasteiger partial charge in [-0.15, -0.1) is 0 Å². The minimum atomic E-state index is -1.18. The van der Waals surface area contributed by atoms with Crippen molar-refractivity contribution in [3.05, 3.63) is 41.1 Å². The minimum absolute atomic E-state index is 0.0515. The van der Waals surface area contributed by atoms with Crippen molar-refractivity contribution in [3.8, 4) is 0 Å². The van der Waals surface area contributed by atoms with Crippen LogP contribution >= 0.6 is 0 Å². The molecule has 2 aromatic rings. The molecule has 0 saturated heterocycles. The molecule has 20 heavy (non-hydrogen) atoms. The highest BCUT2D eigenvalue weighted by Gasteiger charge is 2.19. The van der Waals surface area contributed by atoms with Crippen molar-refractivity contribution in [1.82, 2.24) is 4.98 Å². The molecule has 0 spiro atoms. The van der Waals surface area contributed by atoms with Gasteiger partial charge in [-0.1, -0.05) is 0 Å². The van der Waals surface area contributed by atoms with Crippen LogP contribution in [0, 0.1) is 13.8 Å². The number of aryl methyl sites for hydroxylation is 2. The van der Waals surface area contributed by atoms with Gasteiger partial charge >= 0.3 is 5.97 Å². The third-order valence-corrected chi connectivity index (χ3v) is 2.63. The van der Waals surface area contributed by atoms with Crippen molar-refractivity contribution in [2.24, 2.45) is 0 Å². The number of benzene rings is 1. The number of carboxylic acids is 1. The summed E-state index contributed by atoms with van der Waals surface area (Å²) in [4.78, 5) is 27.1. The van der Waals surface area contributed by atoms with Gasteiger partial charge in [0.15, 0.2) is 5.89 Å². The number of carboxylic acid groups (broad SMARTS) is 1. The zero-order chi connectivity index (χ0) is 14.9. The van der Waals surface area contributed by atoms with Crippen molar-refractivity contribution in [2.75, 3.05) is 11.1 Å². The van der Waals surface area contributed by atoms with E-state index in [1.54, 1.807) is 13.8 Å². The van der Waals surface area contributed by atoms with E-state index in [4.69, 9.17) is 15.3 Å². The Balaban J connectivity index is 2.33. The Morgan fingerprint density at radius 2 is 2.05 bits per heavy atom. The van der Waals surface area contributed by atoms with Crippen molar-refractivity contribution in [2.45, 2.75) is 13.8 Å². The summed E-state index contributed by atoms with van der Waals surface area (Å²) >= 11 is 0. The van der Waals surface area contributed by atoms with Crippen LogP contribution in [0.15, 0.2) is 22.6 Å². The molecule has 104 valence electrons. The van der Waals surface area contributed by atoms with E-state index in [0.29, 0.717) is 17.3 Å². The second-order valence-electron chi connectivity index (χ2n) is 4.21. The van der Waals surface area contributed by atoms with Crippen LogP contribution in [0.5, 0.6) is 0 Å². The van der Waals surface area contributed by atoms with Crippen LogP contribution in [0.1, 0.15) is 32.5 Å². The second kappa shape index (κ2) is 5.04. The second-order valence-corrected chi connectivity index (χ2v) is 4.21. The van der Waals surface area contributed by atoms with E-state index in [1.165, 1.54) is 18.2 Å². The number of aromatic nitrogens is 1. The zero-order valence-electron chi connectivity index (χ0n) is 10.9. The average Bonchev–Trinajstić information content (AvgIpc) is 2.70. The lowest BCUT2D eigenvalue weighted by Gasteiger charge is -2.08. The summed E-state index contributed by atoms with van der Waals surface area (Å²) in [5.74, 6) is -1.33. The van der Waals surface area contributed by atoms with Gasteiger partial charge in [-0.2, -0.15) is 0 Å². The maximum atomic E-state index is 12.0. The first-order valence-corrected chi connectivity index (χ1v) is 5.76. The van der Waals surface area contributed by atoms with Gasteiger partial charge in [-0.05, 0) is 25.1 Å². The summed E-state index contributed by atoms with van der Waals surface area (Å²) in [6.45, 7) is 3.25. The monoisotopic (exact) mass is 275 g/mol. The van der Waals surface area contributed by atoms with Crippen LogP contribution < -0.4 is 11.1 Å². The van der Waals surface area contributed by atoms with Crippen LogP contribution in [0.3, 0.4) is 0 Å². The summed E-state index contributed by atoms with van der Waals surface area (Å²) in [5.41, 5.74) is 6.32. The summed E-state index contributed by atoms with van der Waals surface area (Å²) < 4.78 is 5.18. The molecule has 1 aromatic carbocycles. The van der Waals surface area contributed by atoms with Gasteiger partial charge < -0.3 is 20.6 Å². The summed E-state index contributed by atoms with van der Waals surface area (Å²) in [5, 5.41) is 11.6. The fourth-order valence-electron chi connectivity index (χ4n) is 1.77. The van der Waals surface area contributed by atoms with Gasteiger partial charge in [0.25, 0.3) is 5.91 Å². The molecule has 0 radical (unpaired) electrons. The quantitative estimate of drug-likeness (QED) is 0.735. The lowest BCUT2D eigenvalue weighted by molar-refractivity contribution is 0.0698. The third kappa shape index (κ3) is 2.61. The van der Waals surface area contributed by atoms with E-state index in [0.717, 1.165) is 0 Å². The number of carbonyl (C=O) groups excluding carboxylic acids is 1. The average molecular weight is 275 g/mol. The largest absolute Gasteiger partial charge is 0.478 e. The lowest BCUT2D eigenvalue weighted by Crippen LogP contribution is -2.15. The van der Waals surface area contributed by atoms with Crippen molar-refractivity contribution in [3.63, 3.8) is 0 Å². The van der Waals surface area contributed by atoms with E-state index in [1.807, 2.05) is 0 Å². The number of hydrogen-bond acceptors (Lipinski definition) is 5. The molecule has 0 saturated carbocycles. The first-order chi connectivity index (χ1) is 9.38. The van der Waals surface area contributed by atoms with Crippen LogP contribution in [0.2, 0.25) is 0 Å². The molecule has 2 rings (SSSR count). The topological polar surface area (TPSA) is 118 Å². The van der Waals surface area contributed by atoms with E-state index in [2.05, 4.69) is 10.3 Å². The highest BCUT2D eigenvalue weighted by atomic mass is 16.4. The highest BCUT2D eigenvalue weighted by Crippen LogP contribution is 2.20. The third-order valence-electron chi connectivity index (χ3n) is 2.63. The molecule has 4 N–H and O–H groups in total. The normalized spacial score (nSPS) is 10.3. The number of amides is 1. The van der Waals surface area contributed by atoms with Gasteiger partial charge in [0, 0.05) is 12.6 Å². The Hall–Kier alpha value is -2.83. The van der Waals surface area contributed by atoms with E-state index >= 15 is 0 Å². The number of nitrogens with two attached hydrogens (primary N) is 1. The van der Waals surface area contributed by atoms with Crippen molar-refractivity contribution >= 4 is 23.3 Å². The van der Waals surface area contributed by atoms with Gasteiger partial charge in [-0.3, -0.25) is 4.79 Å². The summed E-state index contributed by atoms with van der Waals surface area (Å²) in [6, 6.07) is 4.20. The molecule has 0 atom stereocenters. The predicted molar refractivity (Wildman–Crippen MR) is 71.7 cm³/mol. The molecule has 0 aliphatic carbocycles. The number of nitrogens with one attached hydrogen (secondary N) is 1. The summed E-state index contributed by atoms with van der Waals surface area (Å²) in [6.07, 6.45) is 0. The molecule has 1 amide bonds. The maximum absolute atomic E-state index is 12.0. The van der Waals surface area contributed by atoms with Gasteiger partial charge in [0.05, 0.1) is 16.9 Å². The van der Waals surface area contributed by atoms with E-state index in [9.17, 15) is 9.59 Å². The predicted octanol–water partition coefficient (Wildman–Crippen LogP) is 1.82. The molecule has 7 nitrogen and oxygen atoms in total. The van der Waals surface area contributed by atoms with Crippen LogP contribution in [0.4, 0.5) is 11.4 Å². The summed E-state index contributed by atoms with van der Waals surface area (Å²) in [7, 11) is 0. The molecule has 0 bridgehead atoms. The number of rotatable bonds is 3. The van der Waals surface area contributed by atoms with Crippen molar-refractivity contribution < 1.29 is 19.1 Å². The number of oxazole rings is 1. The number of carbonyl (C=O) groups is 2. The fourth-order valence-corrected chi connectivity index (χ4v) is 1.77. The van der Waals surface area contributed by atoms with Gasteiger partial charge in [0.1, 0.15) is 0 Å². The number of hydrogen-bond donors (Lipinski definition) is 3. The highest BCUT2D eigenvalue weighted by molar-refractivity contribution is 6.07. The molecule has 0 unspecified atom stereocenters. The molecular weight excluding hydrogens is 262 g/mol. The Morgan fingerprint density at radius 3 is 2.60 bits per heavy atom. The van der Waals surface area contributed by atoms with Gasteiger partial charge in [0.2, 0.25) is 5.76 Å². The van der Waals surface area contributed by atoms with Crippen LogP contribution in [-0.4, -0.2) is 22.0 Å². The molecule has 0 aliphatic rings. The van der Waals surface area contributed by atoms with Crippen LogP contribution in [-0.2, 0) is 0 Å². The minimum Gasteiger partial charge on any atom is -0.478 e. The Bertz CT molecular complexity index is 691. The number of anilines is 2. The van der Waals surface area contributed by atoms with E-state index < -0.39 is 11.9 Å². The first kappa shape index (κ1) is 13.6. The Morgan fingerprint density at radius 1 is 1.35 bits per heavy atom. The SMILES string of the molecule is Cc1nc(C)c(C(=O)Nc2ccc(N)cc2C(=O)O)o1. The molecule has 0 aliphatic heterocycles. The molecule has 0 fully saturated rings. The van der Waals surface area contributed by atoms with Gasteiger partial charge in [-0.25, -0.2) is 9.78 Å². The maximum Gasteiger partial charge on any atom is 0.337 e. The fraction of sp³-hybridized carbons (Fsp3) is 0.154. The number of nitrogens with zero attached hydrogens (tertiary/aromatic N) is 1. The first-order valence-electron chi connectivity index (χ1n) is 5.76. The number of nitrogen functional groups attached to an aromatic ring is 1. The lowest BCUT2D eigenvalue weighted by atomic mass is 10.1. The molecular formula is C13H13N3O4. The molecule has 1 heterocycles. The van der Waals surface area contributed by atoms with E-state index in [-0.39, 0.29) is 17.0 Å². The zero-order valence-corrected chi connectivity index (χ0v) is 10.9. The molecule has 7 heteroatoms. The Kier molecular flexibility index (Phi) is 3.43. The van der Waals surface area contributed by atoms with Crippen molar-refractivity contribution in [1.29, 1.82) is 0 Å². The standard InChI is InChI=1S/C13H13N3O4/c1-6-11(20-7(2)15-6)12(17)16-10-4-3-8(14)5-9(10)13(18)19/h3-5H,14H2,1-2H3,(H,16,17)(H,18,19). The van der Waals surface area contributed by atoms with Crippen LogP contribution in [0.25, 0.3) is 0 Å². The smallest absolute Gasteiger partial charge is 0.337 e. The molecule has 1 aromatic heterocycles. The Labute approximate surface area is 114 Å². The number of aromatic carboxylic acids is 1.